The maximum absolute atomic E-state index is 10.5. The Kier molecular flexibility index (Phi) is 2.85. The molecule has 13 heavy (non-hydrogen) atoms. The third-order valence-electron chi connectivity index (χ3n) is 1.65. The lowest BCUT2D eigenvalue weighted by molar-refractivity contribution is -0.138. The number of carboxylic acid groups (broad SMARTS) is 1. The quantitative estimate of drug-likeness (QED) is 0.750. The predicted molar refractivity (Wildman–Crippen MR) is 48.5 cm³/mol. The number of nitrogens with zero attached hydrogens (tertiary/aromatic N) is 1. The van der Waals surface area contributed by atoms with E-state index in [2.05, 4.69) is 4.98 Å². The number of rotatable bonds is 2. The van der Waals surface area contributed by atoms with Gasteiger partial charge in [0, 0.05) is 6.20 Å². The number of hydrogen-bond acceptors (Lipinski definition) is 3. The van der Waals surface area contributed by atoms with Gasteiger partial charge in [0.1, 0.15) is 6.04 Å². The maximum atomic E-state index is 10.5. The number of nitrogens with two attached hydrogens (primary N) is 1. The summed E-state index contributed by atoms with van der Waals surface area (Å²) in [5.74, 6) is -1.10. The van der Waals surface area contributed by atoms with Crippen LogP contribution in [0.15, 0.2) is 12.3 Å². The first-order chi connectivity index (χ1) is 6.02. The Hall–Kier alpha value is -1.13. The summed E-state index contributed by atoms with van der Waals surface area (Å²) in [6.07, 6.45) is 1.38. The number of halogens is 1. The number of aromatic nitrogens is 1. The van der Waals surface area contributed by atoms with Gasteiger partial charge < -0.3 is 10.8 Å². The van der Waals surface area contributed by atoms with Gasteiger partial charge in [-0.2, -0.15) is 0 Å². The van der Waals surface area contributed by atoms with Crippen LogP contribution in [0.2, 0.25) is 5.02 Å². The fourth-order valence-electron chi connectivity index (χ4n) is 0.994. The standard InChI is InChI=1S/C8H9ClN2O2/c1-4-2-5(9)3-11-7(4)6(10)8(12)13/h2-3,6H,10H2,1H3,(H,12,13). The van der Waals surface area contributed by atoms with Crippen molar-refractivity contribution in [3.05, 3.63) is 28.5 Å². The molecule has 0 amide bonds. The molecule has 5 heteroatoms. The van der Waals surface area contributed by atoms with Gasteiger partial charge in [-0.1, -0.05) is 11.6 Å². The van der Waals surface area contributed by atoms with Crippen LogP contribution in [-0.4, -0.2) is 16.1 Å². The minimum atomic E-state index is -1.10. The molecule has 3 N–H and O–H groups in total. The summed E-state index contributed by atoms with van der Waals surface area (Å²) >= 11 is 5.65. The van der Waals surface area contributed by atoms with Gasteiger partial charge in [0.15, 0.2) is 0 Å². The molecule has 0 saturated carbocycles. The second kappa shape index (κ2) is 3.72. The average Bonchev–Trinajstić information content (AvgIpc) is 2.03. The highest BCUT2D eigenvalue weighted by Crippen LogP contribution is 2.16. The van der Waals surface area contributed by atoms with Crippen molar-refractivity contribution in [2.75, 3.05) is 0 Å². The van der Waals surface area contributed by atoms with Crippen LogP contribution in [0.1, 0.15) is 17.3 Å². The second-order valence-corrected chi connectivity index (χ2v) is 3.11. The van der Waals surface area contributed by atoms with Gasteiger partial charge in [-0.25, -0.2) is 0 Å². The van der Waals surface area contributed by atoms with Gasteiger partial charge >= 0.3 is 5.97 Å². The highest BCUT2D eigenvalue weighted by molar-refractivity contribution is 6.30. The summed E-state index contributed by atoms with van der Waals surface area (Å²) in [6.45, 7) is 1.72. The smallest absolute Gasteiger partial charge is 0.326 e. The summed E-state index contributed by atoms with van der Waals surface area (Å²) < 4.78 is 0. The van der Waals surface area contributed by atoms with E-state index in [1.165, 1.54) is 6.20 Å². The van der Waals surface area contributed by atoms with Crippen molar-refractivity contribution in [1.82, 2.24) is 4.98 Å². The zero-order valence-corrected chi connectivity index (χ0v) is 7.75. The molecule has 0 saturated heterocycles. The van der Waals surface area contributed by atoms with Gasteiger partial charge in [0.25, 0.3) is 0 Å². The summed E-state index contributed by atoms with van der Waals surface area (Å²) in [5, 5.41) is 9.10. The molecular formula is C8H9ClN2O2. The molecule has 4 nitrogen and oxygen atoms in total. The third kappa shape index (κ3) is 2.17. The van der Waals surface area contributed by atoms with E-state index in [0.717, 1.165) is 0 Å². The highest BCUT2D eigenvalue weighted by atomic mass is 35.5. The Labute approximate surface area is 80.3 Å². The number of pyridine rings is 1. The van der Waals surface area contributed by atoms with Crippen LogP contribution in [-0.2, 0) is 4.79 Å². The minimum Gasteiger partial charge on any atom is -0.480 e. The lowest BCUT2D eigenvalue weighted by Crippen LogP contribution is -2.22. The summed E-state index contributed by atoms with van der Waals surface area (Å²) in [7, 11) is 0. The van der Waals surface area contributed by atoms with Gasteiger partial charge in [-0.05, 0) is 18.6 Å². The number of aryl methyl sites for hydroxylation is 1. The molecule has 1 aromatic rings. The molecule has 0 aliphatic heterocycles. The van der Waals surface area contributed by atoms with E-state index in [-0.39, 0.29) is 0 Å². The molecule has 0 radical (unpaired) electrons. The van der Waals surface area contributed by atoms with Crippen molar-refractivity contribution in [2.24, 2.45) is 5.73 Å². The molecule has 0 bridgehead atoms. The lowest BCUT2D eigenvalue weighted by Gasteiger charge is -2.08. The van der Waals surface area contributed by atoms with Crippen molar-refractivity contribution < 1.29 is 9.90 Å². The zero-order valence-electron chi connectivity index (χ0n) is 6.99. The van der Waals surface area contributed by atoms with E-state index in [1.54, 1.807) is 13.0 Å². The van der Waals surface area contributed by atoms with Crippen molar-refractivity contribution >= 4 is 17.6 Å². The first-order valence-corrected chi connectivity index (χ1v) is 4.00. The monoisotopic (exact) mass is 200 g/mol. The Morgan fingerprint density at radius 2 is 2.38 bits per heavy atom. The summed E-state index contributed by atoms with van der Waals surface area (Å²) in [4.78, 5) is 14.4. The molecule has 0 aromatic carbocycles. The molecule has 1 heterocycles. The first kappa shape index (κ1) is 9.95. The van der Waals surface area contributed by atoms with E-state index in [4.69, 9.17) is 22.4 Å². The number of carboxylic acids is 1. The Bertz CT molecular complexity index is 341. The molecule has 1 rings (SSSR count). The van der Waals surface area contributed by atoms with Crippen LogP contribution in [0.4, 0.5) is 0 Å². The van der Waals surface area contributed by atoms with Gasteiger partial charge in [0.05, 0.1) is 10.7 Å². The van der Waals surface area contributed by atoms with Crippen LogP contribution in [0.25, 0.3) is 0 Å². The van der Waals surface area contributed by atoms with Gasteiger partial charge in [-0.15, -0.1) is 0 Å². The van der Waals surface area contributed by atoms with E-state index < -0.39 is 12.0 Å². The second-order valence-electron chi connectivity index (χ2n) is 2.67. The van der Waals surface area contributed by atoms with Crippen molar-refractivity contribution in [3.63, 3.8) is 0 Å². The fourth-order valence-corrected chi connectivity index (χ4v) is 1.21. The zero-order chi connectivity index (χ0) is 10.0. The molecule has 0 aliphatic rings. The summed E-state index contributed by atoms with van der Waals surface area (Å²) in [6, 6.07) is 0.546. The maximum Gasteiger partial charge on any atom is 0.326 e. The van der Waals surface area contributed by atoms with Crippen LogP contribution in [0, 0.1) is 6.92 Å². The molecule has 1 unspecified atom stereocenters. The highest BCUT2D eigenvalue weighted by Gasteiger charge is 2.17. The van der Waals surface area contributed by atoms with Crippen molar-refractivity contribution in [1.29, 1.82) is 0 Å². The first-order valence-electron chi connectivity index (χ1n) is 3.63. The van der Waals surface area contributed by atoms with Gasteiger partial charge in [0.2, 0.25) is 0 Å². The average molecular weight is 201 g/mol. The number of hydrogen-bond donors (Lipinski definition) is 2. The number of carbonyl (C=O) groups is 1. The predicted octanol–water partition coefficient (Wildman–Crippen LogP) is 1.13. The molecule has 0 spiro atoms. The molecule has 1 atom stereocenters. The third-order valence-corrected chi connectivity index (χ3v) is 1.85. The number of aliphatic carboxylic acids is 1. The molecule has 0 fully saturated rings. The van der Waals surface area contributed by atoms with E-state index in [0.29, 0.717) is 16.3 Å². The van der Waals surface area contributed by atoms with E-state index >= 15 is 0 Å². The molecule has 1 aromatic heterocycles. The van der Waals surface area contributed by atoms with Crippen LogP contribution >= 0.6 is 11.6 Å². The van der Waals surface area contributed by atoms with E-state index in [9.17, 15) is 4.79 Å². The van der Waals surface area contributed by atoms with Crippen molar-refractivity contribution in [3.8, 4) is 0 Å². The van der Waals surface area contributed by atoms with Crippen LogP contribution < -0.4 is 5.73 Å². The molecule has 0 aliphatic carbocycles. The van der Waals surface area contributed by atoms with Crippen LogP contribution in [0.3, 0.4) is 0 Å². The van der Waals surface area contributed by atoms with Gasteiger partial charge in [-0.3, -0.25) is 9.78 Å². The minimum absolute atomic E-state index is 0.344. The topological polar surface area (TPSA) is 76.2 Å². The molecule has 70 valence electrons. The Morgan fingerprint density at radius 3 is 2.85 bits per heavy atom. The summed E-state index contributed by atoms with van der Waals surface area (Å²) in [5.41, 5.74) is 6.41. The van der Waals surface area contributed by atoms with Crippen LogP contribution in [0.5, 0.6) is 0 Å². The Morgan fingerprint density at radius 1 is 1.77 bits per heavy atom. The lowest BCUT2D eigenvalue weighted by atomic mass is 10.1. The largest absolute Gasteiger partial charge is 0.480 e. The Balaban J connectivity index is 3.08. The molecular weight excluding hydrogens is 192 g/mol. The SMILES string of the molecule is Cc1cc(Cl)cnc1C(N)C(=O)O. The van der Waals surface area contributed by atoms with E-state index in [1.807, 2.05) is 0 Å². The fraction of sp³-hybridized carbons (Fsp3) is 0.250. The normalized spacial score (nSPS) is 12.5. The van der Waals surface area contributed by atoms with Crippen molar-refractivity contribution in [2.45, 2.75) is 13.0 Å².